The first-order chi connectivity index (χ1) is 15.8. The van der Waals surface area contributed by atoms with Gasteiger partial charge in [0.1, 0.15) is 0 Å². The molecule has 0 saturated heterocycles. The van der Waals surface area contributed by atoms with E-state index >= 15 is 0 Å². The third-order valence-electron chi connectivity index (χ3n) is 7.00. The topological polar surface area (TPSA) is 0 Å². The van der Waals surface area contributed by atoms with Gasteiger partial charge in [0.15, 0.2) is 0 Å². The summed E-state index contributed by atoms with van der Waals surface area (Å²) >= 11 is -0.821. The average Bonchev–Trinajstić information content (AvgIpc) is 3.36. The molecule has 0 bridgehead atoms. The molecule has 2 aliphatic carbocycles. The van der Waals surface area contributed by atoms with E-state index in [0.717, 1.165) is 3.63 Å². The molecule has 0 fully saturated rings. The number of allylic oxidation sites excluding steroid dienone is 1. The molecule has 0 aliphatic heterocycles. The second kappa shape index (κ2) is 13.0. The summed E-state index contributed by atoms with van der Waals surface area (Å²) in [6.07, 6.45) is 10.9. The Bertz CT molecular complexity index is 1070. The van der Waals surface area contributed by atoms with Gasteiger partial charge in [-0.25, -0.2) is 0 Å². The van der Waals surface area contributed by atoms with Crippen molar-refractivity contribution in [2.45, 2.75) is 46.8 Å². The Balaban J connectivity index is 0.00000162. The smallest absolute Gasteiger partial charge is 1.00 e. The SMILES string of the molecule is CCCCP(CCCC)C1=Cc2ccccc2[CH]1[Zr+2][CH]1c2ccccc2-c2ccccc21.[Cl-].[Cl-]. The molecule has 2 aliphatic rings. The molecule has 3 aromatic rings. The van der Waals surface area contributed by atoms with Crippen LogP contribution in [-0.4, -0.2) is 12.3 Å². The Morgan fingerprint density at radius 1 is 0.647 bits per heavy atom. The van der Waals surface area contributed by atoms with Gasteiger partial charge in [-0.2, -0.15) is 0 Å². The number of fused-ring (bicyclic) bond motifs is 4. The Kier molecular flexibility index (Phi) is 10.7. The van der Waals surface area contributed by atoms with Gasteiger partial charge in [0.05, 0.1) is 0 Å². The van der Waals surface area contributed by atoms with Crippen molar-refractivity contribution in [1.29, 1.82) is 0 Å². The normalized spacial score (nSPS) is 15.5. The molecule has 1 atom stereocenters. The van der Waals surface area contributed by atoms with E-state index in [9.17, 15) is 0 Å². The predicted octanol–water partition coefficient (Wildman–Crippen LogP) is 3.02. The van der Waals surface area contributed by atoms with E-state index in [1.165, 1.54) is 54.7 Å². The fraction of sp³-hybridized carbons (Fsp3) is 0.333. The number of hydrogen-bond acceptors (Lipinski definition) is 0. The molecule has 0 radical (unpaired) electrons. The van der Waals surface area contributed by atoms with Gasteiger partial charge in [-0.15, -0.1) is 0 Å². The van der Waals surface area contributed by atoms with Crippen LogP contribution in [-0.2, 0) is 23.2 Å². The second-order valence-electron chi connectivity index (χ2n) is 9.10. The van der Waals surface area contributed by atoms with E-state index in [1.807, 2.05) is 5.31 Å². The van der Waals surface area contributed by atoms with Gasteiger partial charge >= 0.3 is 208 Å². The Labute approximate surface area is 231 Å². The minimum atomic E-state index is -0.821. The van der Waals surface area contributed by atoms with E-state index < -0.39 is 23.2 Å². The largest absolute Gasteiger partial charge is 1.00 e. The summed E-state index contributed by atoms with van der Waals surface area (Å²) in [4.78, 5) is 0. The van der Waals surface area contributed by atoms with Crippen molar-refractivity contribution in [3.05, 3.63) is 100 Å². The van der Waals surface area contributed by atoms with Crippen LogP contribution in [0, 0.1) is 0 Å². The molecular formula is C30H33Cl2PZr. The predicted molar refractivity (Wildman–Crippen MR) is 137 cm³/mol. The van der Waals surface area contributed by atoms with Gasteiger partial charge in [0, 0.05) is 0 Å². The molecule has 0 heterocycles. The maximum Gasteiger partial charge on any atom is -1.00 e. The monoisotopic (exact) mass is 584 g/mol. The molecule has 0 nitrogen and oxygen atoms in total. The first kappa shape index (κ1) is 27.9. The van der Waals surface area contributed by atoms with Crippen LogP contribution in [0.1, 0.15) is 69.0 Å². The second-order valence-corrected chi connectivity index (χ2v) is 15.2. The minimum Gasteiger partial charge on any atom is -1.00 e. The molecule has 0 N–H and O–H groups in total. The minimum absolute atomic E-state index is 0. The fourth-order valence-electron chi connectivity index (χ4n) is 5.33. The summed E-state index contributed by atoms with van der Waals surface area (Å²) < 4.78 is 1.40. The van der Waals surface area contributed by atoms with Crippen LogP contribution < -0.4 is 24.8 Å². The van der Waals surface area contributed by atoms with Crippen molar-refractivity contribution in [2.75, 3.05) is 12.3 Å². The molecule has 176 valence electrons. The van der Waals surface area contributed by atoms with Gasteiger partial charge in [-0.3, -0.25) is 0 Å². The molecule has 0 aromatic heterocycles. The van der Waals surface area contributed by atoms with Crippen LogP contribution in [0.4, 0.5) is 0 Å². The van der Waals surface area contributed by atoms with Gasteiger partial charge in [0.25, 0.3) is 0 Å². The van der Waals surface area contributed by atoms with E-state index in [1.54, 1.807) is 16.7 Å². The van der Waals surface area contributed by atoms with E-state index in [4.69, 9.17) is 0 Å². The summed E-state index contributed by atoms with van der Waals surface area (Å²) in [5, 5.41) is 1.86. The molecule has 5 rings (SSSR count). The van der Waals surface area contributed by atoms with Gasteiger partial charge in [0.2, 0.25) is 0 Å². The van der Waals surface area contributed by atoms with Crippen molar-refractivity contribution in [1.82, 2.24) is 0 Å². The van der Waals surface area contributed by atoms with Crippen molar-refractivity contribution in [3.8, 4) is 11.1 Å². The molecule has 0 saturated carbocycles. The third kappa shape index (κ3) is 5.49. The standard InChI is InChI=1S/C17H24P.C13H9.2ClH.Zr/c1-3-5-11-18(12-6-4-2)17-13-15-9-7-8-10-16(15)14-17;1-3-7-12-10(5-1)9-11-6-2-4-8-13(11)12;;;/h7-10,13-14H,3-6,11-12H2,1-2H3;1-9H;2*1H;/q;;;;+2/p-2. The fourth-order valence-corrected chi connectivity index (χ4v) is 14.7. The van der Waals surface area contributed by atoms with Gasteiger partial charge < -0.3 is 24.8 Å². The quantitative estimate of drug-likeness (QED) is 0.339. The zero-order valence-electron chi connectivity index (χ0n) is 20.1. The number of hydrogen-bond donors (Lipinski definition) is 0. The Morgan fingerprint density at radius 3 is 1.71 bits per heavy atom. The summed E-state index contributed by atoms with van der Waals surface area (Å²) in [5.41, 5.74) is 9.37. The molecule has 34 heavy (non-hydrogen) atoms. The van der Waals surface area contributed by atoms with Crippen molar-refractivity contribution in [2.24, 2.45) is 0 Å². The van der Waals surface area contributed by atoms with Gasteiger partial charge in [-0.1, -0.05) is 0 Å². The molecule has 3 aromatic carbocycles. The van der Waals surface area contributed by atoms with Gasteiger partial charge in [-0.05, 0) is 0 Å². The molecule has 0 amide bonds. The van der Waals surface area contributed by atoms with E-state index in [2.05, 4.69) is 92.7 Å². The average molecular weight is 587 g/mol. The summed E-state index contributed by atoms with van der Waals surface area (Å²) in [5.74, 6) is 0. The number of halogens is 2. The third-order valence-corrected chi connectivity index (χ3v) is 15.1. The maximum atomic E-state index is 2.64. The Hall–Kier alpha value is -0.707. The molecule has 4 heteroatoms. The zero-order chi connectivity index (χ0) is 21.9. The van der Waals surface area contributed by atoms with E-state index in [-0.39, 0.29) is 32.7 Å². The first-order valence-electron chi connectivity index (χ1n) is 12.3. The van der Waals surface area contributed by atoms with Crippen molar-refractivity contribution in [3.63, 3.8) is 0 Å². The first-order valence-corrected chi connectivity index (χ1v) is 16.9. The van der Waals surface area contributed by atoms with Crippen LogP contribution in [0.15, 0.2) is 78.1 Å². The maximum absolute atomic E-state index is 2.64. The Morgan fingerprint density at radius 2 is 1.15 bits per heavy atom. The number of rotatable bonds is 9. The zero-order valence-corrected chi connectivity index (χ0v) is 25.0. The molecule has 0 spiro atoms. The summed E-state index contributed by atoms with van der Waals surface area (Å²) in [6, 6.07) is 27.8. The van der Waals surface area contributed by atoms with Crippen LogP contribution in [0.2, 0.25) is 0 Å². The van der Waals surface area contributed by atoms with Crippen LogP contribution in [0.3, 0.4) is 0 Å². The number of unbranched alkanes of at least 4 members (excludes halogenated alkanes) is 2. The van der Waals surface area contributed by atoms with Crippen LogP contribution >= 0.6 is 7.92 Å². The number of benzene rings is 3. The van der Waals surface area contributed by atoms with Crippen molar-refractivity contribution < 1.29 is 48.0 Å². The molecular weight excluding hydrogens is 553 g/mol. The summed E-state index contributed by atoms with van der Waals surface area (Å²) in [6.45, 7) is 4.71. The van der Waals surface area contributed by atoms with Crippen molar-refractivity contribution >= 4 is 14.0 Å². The van der Waals surface area contributed by atoms with Crippen LogP contribution in [0.25, 0.3) is 17.2 Å². The molecule has 1 unspecified atom stereocenters. The van der Waals surface area contributed by atoms with Crippen LogP contribution in [0.5, 0.6) is 0 Å². The van der Waals surface area contributed by atoms with E-state index in [0.29, 0.717) is 3.63 Å². The summed E-state index contributed by atoms with van der Waals surface area (Å²) in [7, 11) is -0.0104.